The molecule has 0 atom stereocenters. The monoisotopic (exact) mass is 372 g/mol. The maximum atomic E-state index is 10.1. The minimum absolute atomic E-state index is 0. The Balaban J connectivity index is -0.000000130. The van der Waals surface area contributed by atoms with Gasteiger partial charge in [-0.2, -0.15) is 0 Å². The molecule has 0 spiro atoms. The molecule has 0 unspecified atom stereocenters. The number of carbonyl (C=O) groups excluding carboxylic acids is 3. The summed E-state index contributed by atoms with van der Waals surface area (Å²) in [7, 11) is 0. The normalized spacial score (nSPS) is 10.9. The zero-order chi connectivity index (χ0) is 20.4. The molecule has 0 aromatic carbocycles. The number of rotatable bonds is 6. The Labute approximate surface area is 163 Å². The molecule has 0 aliphatic carbocycles. The average Bonchev–Trinajstić information content (AvgIpc) is 2.47. The topological polar surface area (TPSA) is 120 Å². The van der Waals surface area contributed by atoms with Crippen molar-refractivity contribution in [2.24, 2.45) is 16.2 Å². The van der Waals surface area contributed by atoms with Crippen molar-refractivity contribution in [1.82, 2.24) is 0 Å². The van der Waals surface area contributed by atoms with Gasteiger partial charge in [0.05, 0.1) is 0 Å². The molecule has 0 aromatic heterocycles. The summed E-state index contributed by atoms with van der Waals surface area (Å²) in [6.45, 7) is 15.4. The maximum absolute atomic E-state index is 10.1. The van der Waals surface area contributed by atoms with E-state index in [0.717, 1.165) is 0 Å². The van der Waals surface area contributed by atoms with Crippen LogP contribution < -0.4 is 15.3 Å². The molecule has 0 saturated heterocycles. The number of carboxylic acid groups (broad SMARTS) is 3. The Morgan fingerprint density at radius 1 is 0.560 bits per heavy atom. The molecule has 0 bridgehead atoms. The molecule has 0 heterocycles. The van der Waals surface area contributed by atoms with Crippen LogP contribution in [0.5, 0.6) is 0 Å². The van der Waals surface area contributed by atoms with Gasteiger partial charge in [0.1, 0.15) is 0 Å². The van der Waals surface area contributed by atoms with Gasteiger partial charge in [-0.05, 0) is 19.3 Å². The molecular formula is C18H33AlO6. The smallest absolute Gasteiger partial charge is 0.550 e. The summed E-state index contributed by atoms with van der Waals surface area (Å²) < 4.78 is 0. The van der Waals surface area contributed by atoms with E-state index in [1.807, 2.05) is 20.8 Å². The van der Waals surface area contributed by atoms with Crippen LogP contribution in [0.15, 0.2) is 0 Å². The van der Waals surface area contributed by atoms with Gasteiger partial charge in [0.25, 0.3) is 0 Å². The molecule has 7 heteroatoms. The van der Waals surface area contributed by atoms with Gasteiger partial charge >= 0.3 is 17.4 Å². The summed E-state index contributed by atoms with van der Waals surface area (Å²) in [4.78, 5) is 30.4. The standard InChI is InChI=1S/3C6H12O2.Al/c3*1-4-6(2,3)5(7)8;/h3*4H2,1-3H3,(H,7,8);/q;;;+3/p-3. The SMILES string of the molecule is CCC(C)(C)C(=O)[O-].CCC(C)(C)C(=O)[O-].CCC(C)(C)C(=O)[O-].[Al+3]. The van der Waals surface area contributed by atoms with E-state index in [2.05, 4.69) is 0 Å². The van der Waals surface area contributed by atoms with E-state index >= 15 is 0 Å². The fourth-order valence-electron chi connectivity index (χ4n) is 0.433. The summed E-state index contributed by atoms with van der Waals surface area (Å²) in [6, 6.07) is 0. The van der Waals surface area contributed by atoms with Crippen LogP contribution in [0, 0.1) is 16.2 Å². The van der Waals surface area contributed by atoms with E-state index in [-0.39, 0.29) is 17.4 Å². The van der Waals surface area contributed by atoms with Crippen molar-refractivity contribution in [3.05, 3.63) is 0 Å². The van der Waals surface area contributed by atoms with Crippen LogP contribution in [0.3, 0.4) is 0 Å². The molecule has 0 aromatic rings. The number of hydrogen-bond donors (Lipinski definition) is 0. The van der Waals surface area contributed by atoms with Crippen LogP contribution in [0.4, 0.5) is 0 Å². The second-order valence-electron chi connectivity index (χ2n) is 7.57. The van der Waals surface area contributed by atoms with Crippen LogP contribution in [-0.2, 0) is 14.4 Å². The average molecular weight is 372 g/mol. The van der Waals surface area contributed by atoms with E-state index in [4.69, 9.17) is 0 Å². The molecule has 0 amide bonds. The van der Waals surface area contributed by atoms with Crippen LogP contribution in [0.25, 0.3) is 0 Å². The van der Waals surface area contributed by atoms with Crippen LogP contribution in [-0.4, -0.2) is 35.3 Å². The van der Waals surface area contributed by atoms with Crippen molar-refractivity contribution in [2.45, 2.75) is 81.6 Å². The fourth-order valence-corrected chi connectivity index (χ4v) is 0.433. The van der Waals surface area contributed by atoms with Crippen molar-refractivity contribution < 1.29 is 29.7 Å². The van der Waals surface area contributed by atoms with Gasteiger partial charge in [-0.3, -0.25) is 0 Å². The van der Waals surface area contributed by atoms with Gasteiger partial charge in [0, 0.05) is 34.2 Å². The van der Waals surface area contributed by atoms with Gasteiger partial charge < -0.3 is 29.7 Å². The summed E-state index contributed by atoms with van der Waals surface area (Å²) in [5, 5.41) is 30.4. The molecule has 144 valence electrons. The maximum Gasteiger partial charge on any atom is 3.00 e. The van der Waals surface area contributed by atoms with E-state index < -0.39 is 34.2 Å². The second kappa shape index (κ2) is 13.2. The molecule has 0 fully saturated rings. The molecule has 0 saturated carbocycles. The number of carboxylic acids is 3. The van der Waals surface area contributed by atoms with E-state index in [1.165, 1.54) is 0 Å². The third-order valence-electron chi connectivity index (χ3n) is 4.31. The van der Waals surface area contributed by atoms with Crippen molar-refractivity contribution in [2.75, 3.05) is 0 Å². The molecule has 0 N–H and O–H groups in total. The first-order chi connectivity index (χ1) is 10.5. The molecule has 25 heavy (non-hydrogen) atoms. The summed E-state index contributed by atoms with van der Waals surface area (Å²) in [5.74, 6) is -2.92. The largest absolute Gasteiger partial charge is 3.00 e. The zero-order valence-electron chi connectivity index (χ0n) is 17.1. The van der Waals surface area contributed by atoms with Crippen LogP contribution >= 0.6 is 0 Å². The first-order valence-electron chi connectivity index (χ1n) is 8.16. The summed E-state index contributed by atoms with van der Waals surface area (Å²) >= 11 is 0. The predicted octanol–water partition coefficient (Wildman–Crippen LogP) is 0.137. The van der Waals surface area contributed by atoms with Gasteiger partial charge in [-0.25, -0.2) is 0 Å². The molecule has 0 aliphatic rings. The van der Waals surface area contributed by atoms with Gasteiger partial charge in [-0.1, -0.05) is 62.3 Å². The first kappa shape index (κ1) is 31.7. The van der Waals surface area contributed by atoms with Crippen LogP contribution in [0.2, 0.25) is 0 Å². The minimum atomic E-state index is -0.972. The zero-order valence-corrected chi connectivity index (χ0v) is 18.3. The van der Waals surface area contributed by atoms with Crippen molar-refractivity contribution in [1.29, 1.82) is 0 Å². The van der Waals surface area contributed by atoms with Gasteiger partial charge in [-0.15, -0.1) is 0 Å². The molecule has 0 rings (SSSR count). The second-order valence-corrected chi connectivity index (χ2v) is 7.57. The quantitative estimate of drug-likeness (QED) is 0.611. The molecular weight excluding hydrogens is 339 g/mol. The van der Waals surface area contributed by atoms with E-state index in [9.17, 15) is 29.7 Å². The minimum Gasteiger partial charge on any atom is -0.550 e. The Morgan fingerprint density at radius 2 is 0.680 bits per heavy atom. The summed E-state index contributed by atoms with van der Waals surface area (Å²) in [5.41, 5.74) is -1.96. The Kier molecular flexibility index (Phi) is 16.7. The first-order valence-corrected chi connectivity index (χ1v) is 8.16. The fraction of sp³-hybridized carbons (Fsp3) is 0.833. The number of carbonyl (C=O) groups is 3. The van der Waals surface area contributed by atoms with Gasteiger partial charge in [0.15, 0.2) is 0 Å². The van der Waals surface area contributed by atoms with Gasteiger partial charge in [0.2, 0.25) is 0 Å². The molecule has 0 radical (unpaired) electrons. The van der Waals surface area contributed by atoms with E-state index in [0.29, 0.717) is 19.3 Å². The Hall–Kier alpha value is -1.06. The Morgan fingerprint density at radius 3 is 0.680 bits per heavy atom. The number of hydrogen-bond acceptors (Lipinski definition) is 6. The molecule has 6 nitrogen and oxygen atoms in total. The third-order valence-corrected chi connectivity index (χ3v) is 4.31. The Bertz CT molecular complexity index is 352. The third kappa shape index (κ3) is 15.0. The summed E-state index contributed by atoms with van der Waals surface area (Å²) in [6.07, 6.45) is 1.86. The van der Waals surface area contributed by atoms with Crippen LogP contribution in [0.1, 0.15) is 81.6 Å². The molecule has 0 aliphatic heterocycles. The van der Waals surface area contributed by atoms with Crippen molar-refractivity contribution in [3.8, 4) is 0 Å². The van der Waals surface area contributed by atoms with E-state index in [1.54, 1.807) is 41.5 Å². The van der Waals surface area contributed by atoms with Crippen molar-refractivity contribution in [3.63, 3.8) is 0 Å². The van der Waals surface area contributed by atoms with Crippen molar-refractivity contribution >= 4 is 35.3 Å². The predicted molar refractivity (Wildman–Crippen MR) is 93.0 cm³/mol. The number of aliphatic carboxylic acids is 3.